The number of guanidine groups is 1. The quantitative estimate of drug-likeness (QED) is 0.578. The van der Waals surface area contributed by atoms with E-state index < -0.39 is 12.7 Å². The molecule has 0 amide bonds. The number of likely N-dealkylation sites (tertiary alicyclic amines) is 2. The van der Waals surface area contributed by atoms with E-state index >= 15 is 0 Å². The molecule has 0 saturated carbocycles. The van der Waals surface area contributed by atoms with E-state index in [1.54, 1.807) is 7.05 Å². The highest BCUT2D eigenvalue weighted by molar-refractivity contribution is 5.80. The van der Waals surface area contributed by atoms with Crippen LogP contribution < -0.4 is 10.6 Å². The van der Waals surface area contributed by atoms with Crippen LogP contribution in [0.3, 0.4) is 0 Å². The predicted octanol–water partition coefficient (Wildman–Crippen LogP) is 1.91. The number of halogens is 3. The second-order valence-corrected chi connectivity index (χ2v) is 7.52. The predicted molar refractivity (Wildman–Crippen MR) is 94.8 cm³/mol. The number of aliphatic imine (C=N–C) groups is 1. The van der Waals surface area contributed by atoms with E-state index in [9.17, 15) is 13.2 Å². The molecule has 2 fully saturated rings. The van der Waals surface area contributed by atoms with Crippen molar-refractivity contribution in [3.8, 4) is 0 Å². The number of nitrogens with one attached hydrogen (secondary N) is 2. The van der Waals surface area contributed by atoms with E-state index in [1.807, 2.05) is 0 Å². The van der Waals surface area contributed by atoms with Crippen LogP contribution in [0.2, 0.25) is 0 Å². The van der Waals surface area contributed by atoms with Crippen molar-refractivity contribution in [1.82, 2.24) is 20.4 Å². The first-order valence-electron chi connectivity index (χ1n) is 9.27. The summed E-state index contributed by atoms with van der Waals surface area (Å²) in [7, 11) is 1.70. The molecule has 0 bridgehead atoms. The molecule has 0 spiro atoms. The van der Waals surface area contributed by atoms with Crippen LogP contribution >= 0.6 is 0 Å². The standard InChI is InChI=1S/C17H32F3N5/c1-13-5-4-7-25(10-13)14(2)9-22-16(21-3)23-15-6-8-24(11-15)12-17(18,19)20/h13-15H,4-12H2,1-3H3,(H2,21,22,23). The highest BCUT2D eigenvalue weighted by Gasteiger charge is 2.34. The molecular formula is C17H32F3N5. The summed E-state index contributed by atoms with van der Waals surface area (Å²) < 4.78 is 37.4. The lowest BCUT2D eigenvalue weighted by Gasteiger charge is -2.35. The fourth-order valence-electron chi connectivity index (χ4n) is 3.74. The van der Waals surface area contributed by atoms with E-state index in [0.717, 1.165) is 25.6 Å². The Morgan fingerprint density at radius 1 is 1.24 bits per heavy atom. The molecule has 25 heavy (non-hydrogen) atoms. The van der Waals surface area contributed by atoms with Crippen LogP contribution in [-0.4, -0.2) is 80.3 Å². The van der Waals surface area contributed by atoms with Crippen molar-refractivity contribution in [1.29, 1.82) is 0 Å². The summed E-state index contributed by atoms with van der Waals surface area (Å²) in [5.74, 6) is 1.42. The second kappa shape index (κ2) is 9.07. The molecule has 0 aliphatic carbocycles. The average Bonchev–Trinajstić information content (AvgIpc) is 2.96. The van der Waals surface area contributed by atoms with E-state index in [2.05, 4.69) is 34.4 Å². The Kier molecular flexibility index (Phi) is 7.37. The second-order valence-electron chi connectivity index (χ2n) is 7.52. The van der Waals surface area contributed by atoms with Gasteiger partial charge in [0.2, 0.25) is 0 Å². The first kappa shape index (κ1) is 20.3. The highest BCUT2D eigenvalue weighted by atomic mass is 19.4. The van der Waals surface area contributed by atoms with Gasteiger partial charge in [-0.2, -0.15) is 13.2 Å². The smallest absolute Gasteiger partial charge is 0.355 e. The van der Waals surface area contributed by atoms with Gasteiger partial charge in [0.25, 0.3) is 0 Å². The van der Waals surface area contributed by atoms with Gasteiger partial charge in [-0.05, 0) is 38.6 Å². The molecule has 2 N–H and O–H groups in total. The molecule has 0 aromatic rings. The van der Waals surface area contributed by atoms with Crippen LogP contribution in [0.4, 0.5) is 13.2 Å². The summed E-state index contributed by atoms with van der Waals surface area (Å²) in [6.07, 6.45) is -0.878. The lowest BCUT2D eigenvalue weighted by atomic mass is 9.99. The number of piperidine rings is 1. The van der Waals surface area contributed by atoms with Gasteiger partial charge in [-0.3, -0.25) is 14.8 Å². The van der Waals surface area contributed by atoms with Crippen molar-refractivity contribution in [3.63, 3.8) is 0 Å². The first-order chi connectivity index (χ1) is 11.8. The Labute approximate surface area is 149 Å². The van der Waals surface area contributed by atoms with E-state index in [4.69, 9.17) is 0 Å². The van der Waals surface area contributed by atoms with Gasteiger partial charge in [-0.25, -0.2) is 0 Å². The molecule has 2 heterocycles. The maximum absolute atomic E-state index is 12.5. The fourth-order valence-corrected chi connectivity index (χ4v) is 3.74. The Morgan fingerprint density at radius 2 is 2.00 bits per heavy atom. The SMILES string of the molecule is CN=C(NCC(C)N1CCCC(C)C1)NC1CCN(CC(F)(F)F)C1. The summed E-state index contributed by atoms with van der Waals surface area (Å²) in [5, 5.41) is 6.59. The molecule has 2 saturated heterocycles. The molecule has 146 valence electrons. The summed E-state index contributed by atoms with van der Waals surface area (Å²) in [4.78, 5) is 8.16. The number of alkyl halides is 3. The maximum Gasteiger partial charge on any atom is 0.401 e. The van der Waals surface area contributed by atoms with E-state index in [-0.39, 0.29) is 6.04 Å². The summed E-state index contributed by atoms with van der Waals surface area (Å²) >= 11 is 0. The minimum atomic E-state index is -4.13. The van der Waals surface area contributed by atoms with Crippen LogP contribution in [0, 0.1) is 5.92 Å². The fraction of sp³-hybridized carbons (Fsp3) is 0.941. The van der Waals surface area contributed by atoms with Gasteiger partial charge >= 0.3 is 6.18 Å². The van der Waals surface area contributed by atoms with Crippen LogP contribution in [0.15, 0.2) is 4.99 Å². The molecule has 0 aromatic carbocycles. The summed E-state index contributed by atoms with van der Waals surface area (Å²) in [6, 6.07) is 0.422. The third-order valence-electron chi connectivity index (χ3n) is 5.12. The van der Waals surface area contributed by atoms with E-state index in [1.165, 1.54) is 17.7 Å². The van der Waals surface area contributed by atoms with Crippen molar-refractivity contribution in [2.24, 2.45) is 10.9 Å². The molecule has 5 nitrogen and oxygen atoms in total. The Morgan fingerprint density at radius 3 is 2.64 bits per heavy atom. The van der Waals surface area contributed by atoms with Gasteiger partial charge in [0.05, 0.1) is 6.54 Å². The van der Waals surface area contributed by atoms with Crippen LogP contribution in [0.25, 0.3) is 0 Å². The topological polar surface area (TPSA) is 42.9 Å². The van der Waals surface area contributed by atoms with Gasteiger partial charge in [-0.1, -0.05) is 6.92 Å². The van der Waals surface area contributed by atoms with Gasteiger partial charge < -0.3 is 10.6 Å². The molecule has 2 aliphatic rings. The van der Waals surface area contributed by atoms with Crippen LogP contribution in [-0.2, 0) is 0 Å². The van der Waals surface area contributed by atoms with Crippen molar-refractivity contribution < 1.29 is 13.2 Å². The van der Waals surface area contributed by atoms with Crippen molar-refractivity contribution in [2.75, 3.05) is 46.3 Å². The molecule has 3 unspecified atom stereocenters. The van der Waals surface area contributed by atoms with Crippen molar-refractivity contribution in [3.05, 3.63) is 0 Å². The van der Waals surface area contributed by atoms with Crippen molar-refractivity contribution in [2.45, 2.75) is 51.4 Å². The lowest BCUT2D eigenvalue weighted by Crippen LogP contribution is -2.50. The van der Waals surface area contributed by atoms with Gasteiger partial charge in [0.1, 0.15) is 0 Å². The zero-order valence-corrected chi connectivity index (χ0v) is 15.6. The van der Waals surface area contributed by atoms with E-state index in [0.29, 0.717) is 31.5 Å². The summed E-state index contributed by atoms with van der Waals surface area (Å²) in [6.45, 7) is 7.58. The van der Waals surface area contributed by atoms with Crippen molar-refractivity contribution >= 4 is 5.96 Å². The maximum atomic E-state index is 12.5. The third kappa shape index (κ3) is 7.01. The molecule has 0 radical (unpaired) electrons. The number of hydrogen-bond acceptors (Lipinski definition) is 3. The number of rotatable bonds is 5. The normalized spacial score (nSPS) is 28.2. The molecule has 2 aliphatic heterocycles. The molecule has 0 aromatic heterocycles. The zero-order valence-electron chi connectivity index (χ0n) is 15.6. The largest absolute Gasteiger partial charge is 0.401 e. The lowest BCUT2D eigenvalue weighted by molar-refractivity contribution is -0.143. The monoisotopic (exact) mass is 363 g/mol. The Balaban J connectivity index is 1.72. The number of hydrogen-bond donors (Lipinski definition) is 2. The first-order valence-corrected chi connectivity index (χ1v) is 9.27. The van der Waals surface area contributed by atoms with Crippen LogP contribution in [0.1, 0.15) is 33.1 Å². The molecule has 8 heteroatoms. The molecule has 2 rings (SSSR count). The Bertz CT molecular complexity index is 440. The molecule has 3 atom stereocenters. The number of nitrogens with zero attached hydrogens (tertiary/aromatic N) is 3. The van der Waals surface area contributed by atoms with Gasteiger partial charge in [0.15, 0.2) is 5.96 Å². The molecular weight excluding hydrogens is 331 g/mol. The highest BCUT2D eigenvalue weighted by Crippen LogP contribution is 2.20. The average molecular weight is 363 g/mol. The third-order valence-corrected chi connectivity index (χ3v) is 5.12. The van der Waals surface area contributed by atoms with Gasteiger partial charge in [0, 0.05) is 45.3 Å². The minimum absolute atomic E-state index is 0.0128. The van der Waals surface area contributed by atoms with Crippen LogP contribution in [0.5, 0.6) is 0 Å². The van der Waals surface area contributed by atoms with Gasteiger partial charge in [-0.15, -0.1) is 0 Å². The summed E-state index contributed by atoms with van der Waals surface area (Å²) in [5.41, 5.74) is 0. The minimum Gasteiger partial charge on any atom is -0.355 e. The Hall–Kier alpha value is -1.02. The zero-order chi connectivity index (χ0) is 18.4.